The summed E-state index contributed by atoms with van der Waals surface area (Å²) in [6, 6.07) is 6.71. The summed E-state index contributed by atoms with van der Waals surface area (Å²) in [6.07, 6.45) is 2.51. The van der Waals surface area contributed by atoms with Crippen molar-refractivity contribution in [2.45, 2.75) is 37.6 Å². The number of likely N-dealkylation sites (N-methyl/N-ethyl adjacent to an activating group) is 1. The van der Waals surface area contributed by atoms with E-state index in [1.54, 1.807) is 11.8 Å². The molecule has 146 valence electrons. The molecule has 2 aromatic heterocycles. The normalized spacial score (nSPS) is 17.3. The zero-order valence-corrected chi connectivity index (χ0v) is 17.1. The van der Waals surface area contributed by atoms with Crippen LogP contribution in [0.15, 0.2) is 35.1 Å². The molecular formula is C20H25N7S. The van der Waals surface area contributed by atoms with Gasteiger partial charge in [0, 0.05) is 23.5 Å². The van der Waals surface area contributed by atoms with Crippen molar-refractivity contribution in [3.63, 3.8) is 0 Å². The molecule has 7 nitrogen and oxygen atoms in total. The lowest BCUT2D eigenvalue weighted by Crippen LogP contribution is -2.34. The maximum atomic E-state index is 4.96. The van der Waals surface area contributed by atoms with E-state index in [9.17, 15) is 0 Å². The second-order valence-corrected chi connectivity index (χ2v) is 7.96. The van der Waals surface area contributed by atoms with Gasteiger partial charge in [0.25, 0.3) is 0 Å². The number of tetrazole rings is 1. The molecule has 1 unspecified atom stereocenters. The van der Waals surface area contributed by atoms with Crippen LogP contribution in [0.4, 0.5) is 5.82 Å². The van der Waals surface area contributed by atoms with Crippen molar-refractivity contribution < 1.29 is 0 Å². The number of H-pyrrole nitrogens is 1. The van der Waals surface area contributed by atoms with E-state index in [2.05, 4.69) is 57.3 Å². The molecule has 0 radical (unpaired) electrons. The van der Waals surface area contributed by atoms with E-state index in [4.69, 9.17) is 4.98 Å². The minimum Gasteiger partial charge on any atom is -0.368 e. The molecule has 1 fully saturated rings. The van der Waals surface area contributed by atoms with Gasteiger partial charge < -0.3 is 5.32 Å². The number of nitrogens with one attached hydrogen (secondary N) is 2. The summed E-state index contributed by atoms with van der Waals surface area (Å²) in [7, 11) is 0. The number of hydrogen-bond donors (Lipinski definition) is 2. The number of thioether (sulfide) groups is 1. The van der Waals surface area contributed by atoms with E-state index in [1.165, 1.54) is 24.9 Å². The van der Waals surface area contributed by atoms with Crippen LogP contribution in [0.3, 0.4) is 0 Å². The predicted octanol–water partition coefficient (Wildman–Crippen LogP) is 3.86. The van der Waals surface area contributed by atoms with Crippen LogP contribution < -0.4 is 5.32 Å². The number of aromatic nitrogens is 5. The van der Waals surface area contributed by atoms with E-state index in [0.717, 1.165) is 40.3 Å². The molecule has 28 heavy (non-hydrogen) atoms. The number of aromatic amines is 1. The minimum absolute atomic E-state index is 0.566. The van der Waals surface area contributed by atoms with Crippen LogP contribution >= 0.6 is 11.8 Å². The molecule has 0 bridgehead atoms. The Morgan fingerprint density at radius 2 is 2.32 bits per heavy atom. The highest BCUT2D eigenvalue weighted by molar-refractivity contribution is 8.02. The SMILES string of the molecule is C=CSc1c(NCC2CCCN2CC)nc2cc(-c3nnn[nH]3)ccc2c1C. The lowest BCUT2D eigenvalue weighted by Gasteiger charge is -2.24. The van der Waals surface area contributed by atoms with Crippen molar-refractivity contribution in [3.05, 3.63) is 35.7 Å². The number of fused-ring (bicyclic) bond motifs is 1. The number of hydrogen-bond acceptors (Lipinski definition) is 7. The van der Waals surface area contributed by atoms with E-state index in [0.29, 0.717) is 11.9 Å². The number of anilines is 1. The highest BCUT2D eigenvalue weighted by atomic mass is 32.2. The molecule has 1 saturated heterocycles. The maximum absolute atomic E-state index is 4.96. The van der Waals surface area contributed by atoms with Crippen LogP contribution in [-0.4, -0.2) is 56.2 Å². The van der Waals surface area contributed by atoms with Gasteiger partial charge in [-0.3, -0.25) is 4.90 Å². The molecule has 2 N–H and O–H groups in total. The van der Waals surface area contributed by atoms with Crippen molar-refractivity contribution in [3.8, 4) is 11.4 Å². The quantitative estimate of drug-likeness (QED) is 0.588. The Bertz CT molecular complexity index is 970. The zero-order valence-electron chi connectivity index (χ0n) is 16.3. The highest BCUT2D eigenvalue weighted by Gasteiger charge is 2.23. The van der Waals surface area contributed by atoms with Crippen LogP contribution in [0.2, 0.25) is 0 Å². The summed E-state index contributed by atoms with van der Waals surface area (Å²) >= 11 is 1.62. The van der Waals surface area contributed by atoms with Gasteiger partial charge in [-0.1, -0.05) is 37.4 Å². The van der Waals surface area contributed by atoms with Gasteiger partial charge in [-0.25, -0.2) is 10.1 Å². The second-order valence-electron chi connectivity index (χ2n) is 6.99. The van der Waals surface area contributed by atoms with Crippen LogP contribution in [0.1, 0.15) is 25.3 Å². The minimum atomic E-state index is 0.566. The lowest BCUT2D eigenvalue weighted by molar-refractivity contribution is 0.277. The second kappa shape index (κ2) is 8.28. The van der Waals surface area contributed by atoms with Gasteiger partial charge in [-0.15, -0.1) is 5.10 Å². The van der Waals surface area contributed by atoms with Crippen molar-refractivity contribution in [2.24, 2.45) is 0 Å². The van der Waals surface area contributed by atoms with E-state index < -0.39 is 0 Å². The number of benzene rings is 1. The third-order valence-corrected chi connectivity index (χ3v) is 6.32. The highest BCUT2D eigenvalue weighted by Crippen LogP contribution is 2.35. The van der Waals surface area contributed by atoms with Gasteiger partial charge in [0.15, 0.2) is 5.82 Å². The monoisotopic (exact) mass is 395 g/mol. The third-order valence-electron chi connectivity index (χ3n) is 5.42. The molecular weight excluding hydrogens is 370 g/mol. The molecule has 0 spiro atoms. The van der Waals surface area contributed by atoms with Crippen molar-refractivity contribution in [1.29, 1.82) is 0 Å². The van der Waals surface area contributed by atoms with Gasteiger partial charge in [-0.2, -0.15) is 0 Å². The predicted molar refractivity (Wildman–Crippen MR) is 114 cm³/mol. The van der Waals surface area contributed by atoms with Gasteiger partial charge in [0.2, 0.25) is 0 Å². The molecule has 0 saturated carbocycles. The molecule has 3 heterocycles. The van der Waals surface area contributed by atoms with Crippen LogP contribution in [0.25, 0.3) is 22.3 Å². The smallest absolute Gasteiger partial charge is 0.179 e. The van der Waals surface area contributed by atoms with Gasteiger partial charge in [-0.05, 0) is 60.3 Å². The van der Waals surface area contributed by atoms with Gasteiger partial charge >= 0.3 is 0 Å². The Morgan fingerprint density at radius 1 is 1.43 bits per heavy atom. The first-order valence-electron chi connectivity index (χ1n) is 9.65. The summed E-state index contributed by atoms with van der Waals surface area (Å²) < 4.78 is 0. The van der Waals surface area contributed by atoms with Crippen LogP contribution in [-0.2, 0) is 0 Å². The van der Waals surface area contributed by atoms with Gasteiger partial charge in [0.1, 0.15) is 5.82 Å². The molecule has 3 aromatic rings. The molecule has 0 amide bonds. The van der Waals surface area contributed by atoms with Crippen molar-refractivity contribution >= 4 is 28.5 Å². The molecule has 1 aliphatic rings. The largest absolute Gasteiger partial charge is 0.368 e. The average molecular weight is 396 g/mol. The fourth-order valence-electron chi connectivity index (χ4n) is 3.95. The number of nitrogens with zero attached hydrogens (tertiary/aromatic N) is 5. The maximum Gasteiger partial charge on any atom is 0.179 e. The molecule has 1 aromatic carbocycles. The summed E-state index contributed by atoms with van der Waals surface area (Å²) in [5.74, 6) is 1.57. The first-order chi connectivity index (χ1) is 13.7. The fraction of sp³-hybridized carbons (Fsp3) is 0.400. The Hall–Kier alpha value is -2.45. The Morgan fingerprint density at radius 3 is 3.07 bits per heavy atom. The van der Waals surface area contributed by atoms with Crippen LogP contribution in [0.5, 0.6) is 0 Å². The summed E-state index contributed by atoms with van der Waals surface area (Å²) in [6.45, 7) is 11.5. The average Bonchev–Trinajstić information content (AvgIpc) is 3.40. The molecule has 4 rings (SSSR count). The number of aryl methyl sites for hydroxylation is 1. The Kier molecular flexibility index (Phi) is 5.59. The van der Waals surface area contributed by atoms with Crippen molar-refractivity contribution in [2.75, 3.05) is 25.0 Å². The first kappa shape index (κ1) is 18.9. The zero-order chi connectivity index (χ0) is 19.5. The third kappa shape index (κ3) is 3.62. The van der Waals surface area contributed by atoms with E-state index in [-0.39, 0.29) is 0 Å². The van der Waals surface area contributed by atoms with Crippen molar-refractivity contribution in [1.82, 2.24) is 30.5 Å². The number of pyridine rings is 1. The van der Waals surface area contributed by atoms with Crippen LogP contribution in [0, 0.1) is 6.92 Å². The summed E-state index contributed by atoms with van der Waals surface area (Å²) in [5, 5.41) is 20.8. The molecule has 1 atom stereocenters. The van der Waals surface area contributed by atoms with E-state index in [1.807, 2.05) is 17.5 Å². The summed E-state index contributed by atoms with van der Waals surface area (Å²) in [4.78, 5) is 8.63. The Balaban J connectivity index is 1.70. The summed E-state index contributed by atoms with van der Waals surface area (Å²) in [5.41, 5.74) is 3.06. The molecule has 0 aliphatic carbocycles. The number of likely N-dealkylation sites (tertiary alicyclic amines) is 1. The first-order valence-corrected chi connectivity index (χ1v) is 10.5. The standard InChI is InChI=1S/C20H25N7S/c1-4-27-10-6-7-15(27)12-21-20-18(28-5-2)13(3)16-9-8-14(11-17(16)22-20)19-23-25-26-24-19/h5,8-9,11,15H,2,4,6-7,10,12H2,1,3H3,(H,21,22)(H,23,24,25,26). The topological polar surface area (TPSA) is 82.6 Å². The molecule has 8 heteroatoms. The van der Waals surface area contributed by atoms with E-state index >= 15 is 0 Å². The lowest BCUT2D eigenvalue weighted by atomic mass is 10.1. The van der Waals surface area contributed by atoms with Gasteiger partial charge in [0.05, 0.1) is 10.4 Å². The Labute approximate surface area is 169 Å². The number of rotatable bonds is 7. The molecule has 1 aliphatic heterocycles. The fourth-order valence-corrected chi connectivity index (χ4v) is 4.63.